The van der Waals surface area contributed by atoms with E-state index in [0.29, 0.717) is 12.5 Å². The van der Waals surface area contributed by atoms with E-state index in [9.17, 15) is 4.79 Å². The highest BCUT2D eigenvalue weighted by atomic mass is 16.6. The number of para-hydroxylation sites is 1. The van der Waals surface area contributed by atoms with Crippen molar-refractivity contribution in [1.29, 1.82) is 5.26 Å². The van der Waals surface area contributed by atoms with Crippen LogP contribution in [-0.2, 0) is 4.74 Å². The van der Waals surface area contributed by atoms with Gasteiger partial charge in [-0.3, -0.25) is 4.90 Å². The van der Waals surface area contributed by atoms with Gasteiger partial charge in [-0.15, -0.1) is 0 Å². The molecule has 1 unspecified atom stereocenters. The van der Waals surface area contributed by atoms with Crippen LogP contribution in [0.5, 0.6) is 0 Å². The molecule has 0 aliphatic carbocycles. The van der Waals surface area contributed by atoms with E-state index in [4.69, 9.17) is 10.00 Å². The lowest BCUT2D eigenvalue weighted by molar-refractivity contribution is 0.162. The van der Waals surface area contributed by atoms with E-state index in [1.54, 1.807) is 4.90 Å². The summed E-state index contributed by atoms with van der Waals surface area (Å²) in [6.07, 6.45) is -1.10. The molecule has 1 aromatic rings. The van der Waals surface area contributed by atoms with E-state index in [1.807, 2.05) is 31.2 Å². The minimum atomic E-state index is -0.669. The maximum absolute atomic E-state index is 11.8. The molecule has 1 heterocycles. The van der Waals surface area contributed by atoms with Gasteiger partial charge in [0.1, 0.15) is 6.07 Å². The van der Waals surface area contributed by atoms with Crippen LogP contribution in [0.3, 0.4) is 0 Å². The summed E-state index contributed by atoms with van der Waals surface area (Å²) in [6, 6.07) is 7.94. The number of nitrogens with zero attached hydrogens (tertiary/aromatic N) is 2. The molecule has 1 fully saturated rings. The maximum atomic E-state index is 11.8. The summed E-state index contributed by atoms with van der Waals surface area (Å²) >= 11 is 0. The third-order valence-corrected chi connectivity index (χ3v) is 3.12. The van der Waals surface area contributed by atoms with Crippen LogP contribution in [0.2, 0.25) is 0 Å². The van der Waals surface area contributed by atoms with E-state index in [0.717, 1.165) is 16.8 Å². The van der Waals surface area contributed by atoms with E-state index >= 15 is 0 Å². The Balaban J connectivity index is 2.45. The molecule has 94 valence electrons. The molecule has 1 aliphatic rings. The van der Waals surface area contributed by atoms with Gasteiger partial charge in [0.25, 0.3) is 0 Å². The van der Waals surface area contributed by atoms with Gasteiger partial charge in [-0.05, 0) is 24.0 Å². The molecule has 0 radical (unpaired) electrons. The van der Waals surface area contributed by atoms with Crippen LogP contribution in [0.25, 0.3) is 0 Å². The average molecular weight is 244 g/mol. The van der Waals surface area contributed by atoms with Gasteiger partial charge in [0, 0.05) is 0 Å². The molecule has 1 aliphatic heterocycles. The van der Waals surface area contributed by atoms with Crippen LogP contribution < -0.4 is 4.90 Å². The zero-order valence-corrected chi connectivity index (χ0v) is 10.8. The fraction of sp³-hybridized carbons (Fsp3) is 0.429. The van der Waals surface area contributed by atoms with Crippen molar-refractivity contribution in [3.63, 3.8) is 0 Å². The van der Waals surface area contributed by atoms with Gasteiger partial charge in [0.2, 0.25) is 6.10 Å². The number of ether oxygens (including phenoxy) is 1. The molecule has 0 bridgehead atoms. The number of aryl methyl sites for hydroxylation is 1. The highest BCUT2D eigenvalue weighted by molar-refractivity contribution is 5.92. The van der Waals surface area contributed by atoms with E-state index in [-0.39, 0.29) is 0 Å². The second kappa shape index (κ2) is 4.69. The molecule has 0 spiro atoms. The summed E-state index contributed by atoms with van der Waals surface area (Å²) in [7, 11) is 0. The summed E-state index contributed by atoms with van der Waals surface area (Å²) in [6.45, 7) is 6.44. The van der Waals surface area contributed by atoms with Crippen LogP contribution in [0.1, 0.15) is 30.9 Å². The normalized spacial score (nSPS) is 18.9. The molecule has 1 aromatic carbocycles. The first-order chi connectivity index (χ1) is 8.54. The van der Waals surface area contributed by atoms with Crippen molar-refractivity contribution >= 4 is 11.8 Å². The van der Waals surface area contributed by atoms with Gasteiger partial charge >= 0.3 is 6.09 Å². The molecule has 1 amide bonds. The van der Waals surface area contributed by atoms with Gasteiger partial charge in [-0.2, -0.15) is 5.26 Å². The summed E-state index contributed by atoms with van der Waals surface area (Å²) in [5, 5.41) is 8.84. The van der Waals surface area contributed by atoms with Crippen LogP contribution in [0.4, 0.5) is 10.5 Å². The number of carbonyl (C=O) groups is 1. The second-order valence-electron chi connectivity index (χ2n) is 4.78. The molecule has 4 nitrogen and oxygen atoms in total. The Morgan fingerprint density at radius 1 is 1.50 bits per heavy atom. The Bertz CT molecular complexity index is 517. The first-order valence-corrected chi connectivity index (χ1v) is 6.02. The second-order valence-corrected chi connectivity index (χ2v) is 4.78. The zero-order chi connectivity index (χ0) is 13.3. The van der Waals surface area contributed by atoms with E-state index < -0.39 is 12.2 Å². The predicted molar refractivity (Wildman–Crippen MR) is 68.5 cm³/mol. The summed E-state index contributed by atoms with van der Waals surface area (Å²) in [5.41, 5.74) is 3.01. The quantitative estimate of drug-likeness (QED) is 0.803. The Morgan fingerprint density at radius 3 is 2.78 bits per heavy atom. The fourth-order valence-electron chi connectivity index (χ4n) is 2.23. The fourth-order valence-corrected chi connectivity index (χ4v) is 2.23. The molecular weight excluding hydrogens is 228 g/mol. The van der Waals surface area contributed by atoms with Crippen molar-refractivity contribution in [2.24, 2.45) is 0 Å². The molecule has 0 saturated carbocycles. The predicted octanol–water partition coefficient (Wildman–Crippen LogP) is 2.97. The molecular formula is C14H16N2O2. The van der Waals surface area contributed by atoms with Crippen LogP contribution in [0.15, 0.2) is 18.2 Å². The Morgan fingerprint density at radius 2 is 2.22 bits per heavy atom. The maximum Gasteiger partial charge on any atom is 0.415 e. The molecule has 18 heavy (non-hydrogen) atoms. The molecule has 1 saturated heterocycles. The van der Waals surface area contributed by atoms with Gasteiger partial charge in [-0.25, -0.2) is 4.79 Å². The highest BCUT2D eigenvalue weighted by Crippen LogP contribution is 2.33. The van der Waals surface area contributed by atoms with Crippen molar-refractivity contribution in [2.75, 3.05) is 11.4 Å². The van der Waals surface area contributed by atoms with Crippen molar-refractivity contribution < 1.29 is 9.53 Å². The molecule has 4 heteroatoms. The standard InChI is InChI=1S/C14H16N2O2/c1-9(2)12-6-4-5-10(3)13(12)16-8-11(7-15)18-14(16)17/h4-6,9,11H,8H2,1-3H3. The van der Waals surface area contributed by atoms with Gasteiger partial charge in [-0.1, -0.05) is 32.0 Å². The van der Waals surface area contributed by atoms with Gasteiger partial charge in [0.05, 0.1) is 12.2 Å². The lowest BCUT2D eigenvalue weighted by atomic mass is 9.97. The first-order valence-electron chi connectivity index (χ1n) is 6.02. The van der Waals surface area contributed by atoms with Crippen molar-refractivity contribution in [3.05, 3.63) is 29.3 Å². The van der Waals surface area contributed by atoms with Crippen molar-refractivity contribution in [3.8, 4) is 6.07 Å². The number of anilines is 1. The minimum Gasteiger partial charge on any atom is -0.428 e. The van der Waals surface area contributed by atoms with Crippen molar-refractivity contribution in [2.45, 2.75) is 32.8 Å². The van der Waals surface area contributed by atoms with E-state index in [2.05, 4.69) is 13.8 Å². The number of hydrogen-bond acceptors (Lipinski definition) is 3. The largest absolute Gasteiger partial charge is 0.428 e. The van der Waals surface area contributed by atoms with Crippen LogP contribution in [0, 0.1) is 18.3 Å². The van der Waals surface area contributed by atoms with Gasteiger partial charge in [0.15, 0.2) is 0 Å². The van der Waals surface area contributed by atoms with Crippen LogP contribution >= 0.6 is 0 Å². The van der Waals surface area contributed by atoms with E-state index in [1.165, 1.54) is 0 Å². The van der Waals surface area contributed by atoms with Crippen molar-refractivity contribution in [1.82, 2.24) is 0 Å². The summed E-state index contributed by atoms with van der Waals surface area (Å²) in [5.74, 6) is 0.314. The molecule has 1 atom stereocenters. The number of carbonyl (C=O) groups excluding carboxylic acids is 1. The van der Waals surface area contributed by atoms with Gasteiger partial charge < -0.3 is 4.74 Å². The Hall–Kier alpha value is -2.02. The average Bonchev–Trinajstić information content (AvgIpc) is 2.70. The zero-order valence-electron chi connectivity index (χ0n) is 10.8. The number of benzene rings is 1. The first kappa shape index (κ1) is 12.4. The summed E-state index contributed by atoms with van der Waals surface area (Å²) < 4.78 is 4.99. The topological polar surface area (TPSA) is 53.3 Å². The highest BCUT2D eigenvalue weighted by Gasteiger charge is 2.34. The number of hydrogen-bond donors (Lipinski definition) is 0. The molecule has 0 aromatic heterocycles. The third-order valence-electron chi connectivity index (χ3n) is 3.12. The lowest BCUT2D eigenvalue weighted by Gasteiger charge is -2.21. The Kier molecular flexibility index (Phi) is 3.24. The third kappa shape index (κ3) is 2.04. The number of nitriles is 1. The lowest BCUT2D eigenvalue weighted by Crippen LogP contribution is -2.26. The van der Waals surface area contributed by atoms with Crippen LogP contribution in [-0.4, -0.2) is 18.7 Å². The minimum absolute atomic E-state index is 0.305. The smallest absolute Gasteiger partial charge is 0.415 e. The summed E-state index contributed by atoms with van der Waals surface area (Å²) in [4.78, 5) is 13.4. The number of cyclic esters (lactones) is 1. The number of rotatable bonds is 2. The SMILES string of the molecule is Cc1cccc(C(C)C)c1N1CC(C#N)OC1=O. The molecule has 2 rings (SSSR count). The monoisotopic (exact) mass is 244 g/mol. The Labute approximate surface area is 107 Å². The number of amides is 1. The molecule has 0 N–H and O–H groups in total.